The summed E-state index contributed by atoms with van der Waals surface area (Å²) in [4.78, 5) is 0. The quantitative estimate of drug-likeness (QED) is 0.745. The van der Waals surface area contributed by atoms with E-state index in [2.05, 4.69) is 11.2 Å². The molecule has 0 fully saturated rings. The maximum absolute atomic E-state index is 8.45. The van der Waals surface area contributed by atoms with Gasteiger partial charge in [-0.1, -0.05) is 18.5 Å². The maximum Gasteiger partial charge on any atom is 0.0850 e. The average molecular weight is 198 g/mol. The fraction of sp³-hybridized carbons (Fsp3) is 0.556. The van der Waals surface area contributed by atoms with Crippen LogP contribution in [0.1, 0.15) is 24.7 Å². The van der Waals surface area contributed by atoms with Gasteiger partial charge in [0.25, 0.3) is 0 Å². The number of aryl methyl sites for hydroxylation is 2. The van der Waals surface area contributed by atoms with Gasteiger partial charge in [0.2, 0.25) is 0 Å². The van der Waals surface area contributed by atoms with Gasteiger partial charge in [-0.2, -0.15) is 10.4 Å². The van der Waals surface area contributed by atoms with E-state index in [4.69, 9.17) is 16.9 Å². The van der Waals surface area contributed by atoms with Crippen molar-refractivity contribution in [1.29, 1.82) is 5.26 Å². The third-order valence-electron chi connectivity index (χ3n) is 1.98. The standard InChI is InChI=1S/C9H12ClN3/c1-3-7-9(10)8(5-4-6-11)13(2)12-7/h3-5H2,1-2H3. The predicted octanol–water partition coefficient (Wildman–Crippen LogP) is 2.09. The Morgan fingerprint density at radius 2 is 2.31 bits per heavy atom. The van der Waals surface area contributed by atoms with Gasteiger partial charge in [0.05, 0.1) is 22.5 Å². The number of aromatic nitrogens is 2. The highest BCUT2D eigenvalue weighted by Crippen LogP contribution is 2.21. The van der Waals surface area contributed by atoms with E-state index in [0.717, 1.165) is 22.8 Å². The Hall–Kier alpha value is -1.01. The maximum atomic E-state index is 8.45. The molecule has 0 aliphatic rings. The van der Waals surface area contributed by atoms with E-state index < -0.39 is 0 Å². The molecule has 4 heteroatoms. The Labute approximate surface area is 82.9 Å². The van der Waals surface area contributed by atoms with Crippen LogP contribution in [0, 0.1) is 11.3 Å². The molecule has 1 aromatic rings. The van der Waals surface area contributed by atoms with Crippen molar-refractivity contribution in [3.8, 4) is 6.07 Å². The van der Waals surface area contributed by atoms with Gasteiger partial charge >= 0.3 is 0 Å². The van der Waals surface area contributed by atoms with E-state index in [0.29, 0.717) is 12.8 Å². The van der Waals surface area contributed by atoms with Crippen LogP contribution >= 0.6 is 11.6 Å². The largest absolute Gasteiger partial charge is 0.271 e. The molecule has 0 amide bonds. The van der Waals surface area contributed by atoms with Crippen LogP contribution in [-0.4, -0.2) is 9.78 Å². The van der Waals surface area contributed by atoms with E-state index in [1.807, 2.05) is 14.0 Å². The Kier molecular flexibility index (Phi) is 3.32. The molecule has 0 radical (unpaired) electrons. The lowest BCUT2D eigenvalue weighted by Crippen LogP contribution is -1.98. The van der Waals surface area contributed by atoms with Crippen LogP contribution in [0.2, 0.25) is 5.02 Å². The number of nitrogens with zero attached hydrogens (tertiary/aromatic N) is 3. The first-order chi connectivity index (χ1) is 6.20. The summed E-state index contributed by atoms with van der Waals surface area (Å²) in [6.07, 6.45) is 2.00. The average Bonchev–Trinajstić information content (AvgIpc) is 2.39. The molecule has 0 N–H and O–H groups in total. The molecule has 3 nitrogen and oxygen atoms in total. The van der Waals surface area contributed by atoms with Gasteiger partial charge in [-0.25, -0.2) is 0 Å². The second-order valence-electron chi connectivity index (χ2n) is 2.84. The van der Waals surface area contributed by atoms with Crippen LogP contribution in [0.5, 0.6) is 0 Å². The summed E-state index contributed by atoms with van der Waals surface area (Å²) in [7, 11) is 1.86. The lowest BCUT2D eigenvalue weighted by molar-refractivity contribution is 0.696. The highest BCUT2D eigenvalue weighted by atomic mass is 35.5. The highest BCUT2D eigenvalue weighted by Gasteiger charge is 2.11. The number of nitriles is 1. The van der Waals surface area contributed by atoms with E-state index in [-0.39, 0.29) is 0 Å². The van der Waals surface area contributed by atoms with Crippen LogP contribution in [0.3, 0.4) is 0 Å². The first kappa shape index (κ1) is 10.1. The molecule has 0 bridgehead atoms. The van der Waals surface area contributed by atoms with Crippen LogP contribution in [0.25, 0.3) is 0 Å². The highest BCUT2D eigenvalue weighted by molar-refractivity contribution is 6.31. The van der Waals surface area contributed by atoms with Gasteiger partial charge < -0.3 is 0 Å². The van der Waals surface area contributed by atoms with Crippen molar-refractivity contribution in [2.24, 2.45) is 7.05 Å². The van der Waals surface area contributed by atoms with Gasteiger partial charge in [0.15, 0.2) is 0 Å². The van der Waals surface area contributed by atoms with Gasteiger partial charge in [-0.15, -0.1) is 0 Å². The number of hydrogen-bond acceptors (Lipinski definition) is 2. The van der Waals surface area contributed by atoms with Crippen LogP contribution in [0.4, 0.5) is 0 Å². The molecule has 1 aromatic heterocycles. The molecule has 0 aliphatic carbocycles. The topological polar surface area (TPSA) is 41.6 Å². The van der Waals surface area contributed by atoms with Crippen molar-refractivity contribution in [3.05, 3.63) is 16.4 Å². The molecular weight excluding hydrogens is 186 g/mol. The van der Waals surface area contributed by atoms with Crippen LogP contribution in [0.15, 0.2) is 0 Å². The zero-order valence-electron chi connectivity index (χ0n) is 7.84. The Morgan fingerprint density at radius 3 is 2.77 bits per heavy atom. The first-order valence-electron chi connectivity index (χ1n) is 4.27. The van der Waals surface area contributed by atoms with Crippen molar-refractivity contribution in [2.75, 3.05) is 0 Å². The van der Waals surface area contributed by atoms with Crippen molar-refractivity contribution in [1.82, 2.24) is 9.78 Å². The van der Waals surface area contributed by atoms with Gasteiger partial charge in [-0.05, 0) is 6.42 Å². The van der Waals surface area contributed by atoms with Crippen LogP contribution in [-0.2, 0) is 19.9 Å². The molecule has 0 unspecified atom stereocenters. The van der Waals surface area contributed by atoms with Crippen LogP contribution < -0.4 is 0 Å². The lowest BCUT2D eigenvalue weighted by Gasteiger charge is -1.97. The molecule has 70 valence electrons. The smallest absolute Gasteiger partial charge is 0.0850 e. The normalized spacial score (nSPS) is 10.0. The summed E-state index contributed by atoms with van der Waals surface area (Å²) < 4.78 is 1.76. The Bertz CT molecular complexity index is 335. The molecule has 1 heterocycles. The molecule has 0 atom stereocenters. The molecular formula is C9H12ClN3. The molecule has 0 aliphatic heterocycles. The molecule has 0 spiro atoms. The summed E-state index contributed by atoms with van der Waals surface area (Å²) in [5.41, 5.74) is 1.87. The van der Waals surface area contributed by atoms with Gasteiger partial charge in [-0.3, -0.25) is 4.68 Å². The van der Waals surface area contributed by atoms with Gasteiger partial charge in [0.1, 0.15) is 0 Å². The summed E-state index contributed by atoms with van der Waals surface area (Å²) in [5.74, 6) is 0. The third kappa shape index (κ3) is 2.02. The fourth-order valence-electron chi connectivity index (χ4n) is 1.27. The summed E-state index contributed by atoms with van der Waals surface area (Å²) in [5, 5.41) is 13.4. The van der Waals surface area contributed by atoms with E-state index >= 15 is 0 Å². The summed E-state index contributed by atoms with van der Waals surface area (Å²) >= 11 is 6.07. The first-order valence-corrected chi connectivity index (χ1v) is 4.65. The van der Waals surface area contributed by atoms with Crippen molar-refractivity contribution in [3.63, 3.8) is 0 Å². The molecule has 1 rings (SSSR count). The monoisotopic (exact) mass is 197 g/mol. The number of hydrogen-bond donors (Lipinski definition) is 0. The minimum atomic E-state index is 0.488. The van der Waals surface area contributed by atoms with Crippen molar-refractivity contribution < 1.29 is 0 Å². The molecule has 0 aromatic carbocycles. The molecule has 0 saturated carbocycles. The zero-order valence-corrected chi connectivity index (χ0v) is 8.60. The second kappa shape index (κ2) is 4.29. The van der Waals surface area contributed by atoms with Crippen molar-refractivity contribution in [2.45, 2.75) is 26.2 Å². The minimum absolute atomic E-state index is 0.488. The predicted molar refractivity (Wildman–Crippen MR) is 51.5 cm³/mol. The lowest BCUT2D eigenvalue weighted by atomic mass is 10.2. The summed E-state index contributed by atoms with van der Waals surface area (Å²) in [6.45, 7) is 2.02. The minimum Gasteiger partial charge on any atom is -0.271 e. The molecule has 0 saturated heterocycles. The van der Waals surface area contributed by atoms with Crippen molar-refractivity contribution >= 4 is 11.6 Å². The Balaban J connectivity index is 2.93. The van der Waals surface area contributed by atoms with E-state index in [1.165, 1.54) is 0 Å². The fourth-order valence-corrected chi connectivity index (χ4v) is 1.65. The third-order valence-corrected chi connectivity index (χ3v) is 2.41. The van der Waals surface area contributed by atoms with E-state index in [1.54, 1.807) is 4.68 Å². The molecule has 13 heavy (non-hydrogen) atoms. The van der Waals surface area contributed by atoms with E-state index in [9.17, 15) is 0 Å². The SMILES string of the molecule is CCc1nn(C)c(CCC#N)c1Cl. The number of halogens is 1. The number of rotatable bonds is 3. The zero-order chi connectivity index (χ0) is 9.84. The Morgan fingerprint density at radius 1 is 1.62 bits per heavy atom. The summed E-state index contributed by atoms with van der Waals surface area (Å²) in [6, 6.07) is 2.10. The second-order valence-corrected chi connectivity index (χ2v) is 3.22. The van der Waals surface area contributed by atoms with Gasteiger partial charge in [0, 0.05) is 19.9 Å².